The van der Waals surface area contributed by atoms with Crippen molar-refractivity contribution >= 4 is 36.7 Å². The molecule has 4 N–H and O–H groups in total. The molecule has 1 aliphatic rings. The molecule has 5 unspecified atom stereocenters. The lowest BCUT2D eigenvalue weighted by Gasteiger charge is -2.31. The Morgan fingerprint density at radius 2 is 1.83 bits per heavy atom. The minimum atomic E-state index is -4.38. The lowest BCUT2D eigenvalue weighted by Crippen LogP contribution is -2.45. The number of nitrogens with two attached hydrogens (primary N) is 1. The SMILES string of the molecule is CCC(=O)OC1[C@@H](OC(O)CC)[C@@H](C(C)OP(=O)(NC(C)C(=O)OCC(C)(C)C)Oc2ccccc2)O[C@H]1n1cnc2c(N)ncnc21. The van der Waals surface area contributed by atoms with Gasteiger partial charge in [0.1, 0.15) is 35.8 Å². The molecule has 8 atom stereocenters. The Morgan fingerprint density at radius 3 is 2.48 bits per heavy atom. The maximum absolute atomic E-state index is 14.4. The zero-order chi connectivity index (χ0) is 35.2. The molecule has 0 aliphatic carbocycles. The van der Waals surface area contributed by atoms with Gasteiger partial charge in [0, 0.05) is 6.42 Å². The fraction of sp³-hybridized carbons (Fsp3) is 0.581. The van der Waals surface area contributed by atoms with Crippen molar-refractivity contribution in [1.29, 1.82) is 0 Å². The molecule has 264 valence electrons. The van der Waals surface area contributed by atoms with Crippen LogP contribution < -0.4 is 15.3 Å². The molecule has 0 bridgehead atoms. The molecule has 17 heteroatoms. The third-order valence-corrected chi connectivity index (χ3v) is 8.96. The maximum Gasteiger partial charge on any atom is 0.459 e. The van der Waals surface area contributed by atoms with Gasteiger partial charge in [-0.25, -0.2) is 19.5 Å². The fourth-order valence-corrected chi connectivity index (χ4v) is 6.49. The van der Waals surface area contributed by atoms with Crippen molar-refractivity contribution in [3.63, 3.8) is 0 Å². The summed E-state index contributed by atoms with van der Waals surface area (Å²) in [5.41, 5.74) is 6.29. The number of hydrogen-bond donors (Lipinski definition) is 3. The molecule has 48 heavy (non-hydrogen) atoms. The van der Waals surface area contributed by atoms with Gasteiger partial charge >= 0.3 is 19.7 Å². The molecule has 0 spiro atoms. The van der Waals surface area contributed by atoms with Crippen LogP contribution in [-0.2, 0) is 37.6 Å². The van der Waals surface area contributed by atoms with Crippen molar-refractivity contribution in [3.05, 3.63) is 43.0 Å². The Bertz CT molecular complexity index is 1580. The van der Waals surface area contributed by atoms with Crippen molar-refractivity contribution < 1.29 is 47.3 Å². The van der Waals surface area contributed by atoms with Gasteiger partial charge in [-0.05, 0) is 37.8 Å². The Morgan fingerprint density at radius 1 is 1.12 bits per heavy atom. The van der Waals surface area contributed by atoms with E-state index in [1.54, 1.807) is 51.1 Å². The predicted octanol–water partition coefficient (Wildman–Crippen LogP) is 3.90. The number of rotatable bonds is 15. The first-order valence-electron chi connectivity index (χ1n) is 15.7. The largest absolute Gasteiger partial charge is 0.464 e. The van der Waals surface area contributed by atoms with Crippen LogP contribution in [0.4, 0.5) is 5.82 Å². The summed E-state index contributed by atoms with van der Waals surface area (Å²) in [4.78, 5) is 38.1. The Labute approximate surface area is 279 Å². The number of aliphatic hydroxyl groups is 1. The smallest absolute Gasteiger partial charge is 0.459 e. The van der Waals surface area contributed by atoms with Crippen molar-refractivity contribution in [2.75, 3.05) is 12.3 Å². The number of carbonyl (C=O) groups is 2. The molecule has 0 radical (unpaired) electrons. The van der Waals surface area contributed by atoms with Gasteiger partial charge in [0.2, 0.25) is 0 Å². The molecule has 2 aromatic heterocycles. The molecule has 4 rings (SSSR count). The van der Waals surface area contributed by atoms with E-state index in [1.165, 1.54) is 24.1 Å². The van der Waals surface area contributed by atoms with Gasteiger partial charge in [-0.2, -0.15) is 5.09 Å². The predicted molar refractivity (Wildman–Crippen MR) is 173 cm³/mol. The normalized spacial score (nSPS) is 22.8. The van der Waals surface area contributed by atoms with Crippen LogP contribution in [0.5, 0.6) is 5.75 Å². The highest BCUT2D eigenvalue weighted by Gasteiger charge is 2.53. The third-order valence-electron chi connectivity index (χ3n) is 7.20. The van der Waals surface area contributed by atoms with Gasteiger partial charge < -0.3 is 34.3 Å². The van der Waals surface area contributed by atoms with Crippen molar-refractivity contribution in [1.82, 2.24) is 24.6 Å². The highest BCUT2D eigenvalue weighted by molar-refractivity contribution is 7.52. The molecular formula is C31H45N6O10P. The zero-order valence-corrected chi connectivity index (χ0v) is 29.0. The second kappa shape index (κ2) is 15.7. The van der Waals surface area contributed by atoms with E-state index in [4.69, 9.17) is 33.7 Å². The minimum absolute atomic E-state index is 0.0377. The number of esters is 2. The van der Waals surface area contributed by atoms with E-state index >= 15 is 0 Å². The average Bonchev–Trinajstić information content (AvgIpc) is 3.61. The number of para-hydroxylation sites is 1. The first kappa shape index (κ1) is 37.2. The van der Waals surface area contributed by atoms with Crippen molar-refractivity contribution in [2.24, 2.45) is 5.41 Å². The molecule has 1 aromatic carbocycles. The number of hydrogen-bond acceptors (Lipinski definition) is 14. The molecule has 1 saturated heterocycles. The summed E-state index contributed by atoms with van der Waals surface area (Å²) in [6.45, 7) is 12.2. The van der Waals surface area contributed by atoms with Crippen LogP contribution in [0.3, 0.4) is 0 Å². The summed E-state index contributed by atoms with van der Waals surface area (Å²) in [5, 5.41) is 13.3. The van der Waals surface area contributed by atoms with Gasteiger partial charge in [0.05, 0.1) is 19.0 Å². The second-order valence-corrected chi connectivity index (χ2v) is 14.2. The lowest BCUT2D eigenvalue weighted by atomic mass is 9.99. The monoisotopic (exact) mass is 692 g/mol. The van der Waals surface area contributed by atoms with Crippen LogP contribution in [0.2, 0.25) is 0 Å². The Balaban J connectivity index is 1.69. The molecule has 16 nitrogen and oxygen atoms in total. The first-order valence-corrected chi connectivity index (χ1v) is 17.3. The lowest BCUT2D eigenvalue weighted by molar-refractivity contribution is -0.188. The van der Waals surface area contributed by atoms with E-state index in [1.807, 2.05) is 20.8 Å². The number of benzene rings is 1. The molecule has 1 aliphatic heterocycles. The number of nitrogens with zero attached hydrogens (tertiary/aromatic N) is 4. The van der Waals surface area contributed by atoms with Gasteiger partial charge in [-0.15, -0.1) is 0 Å². The standard InChI is InChI=1S/C31H45N6O10P/c1-8-21(38)43-25-24(45-29(26(25)44-22(39)9-2)37-17-35-23-27(32)33-16-34-28(23)37)19(4)46-48(41,47-20-13-11-10-12-14-20)36-18(3)30(40)42-15-31(5,6)7/h10-14,16-19,21,24-26,29,38H,8-9,15H2,1-7H3,(H,36,41)(H2,32,33,34)/t18?,19?,21?,24-,25+,26?,29-,48?/m1/s1. The number of aromatic nitrogens is 4. The van der Waals surface area contributed by atoms with Crippen LogP contribution in [0.1, 0.15) is 67.5 Å². The van der Waals surface area contributed by atoms with Crippen LogP contribution in [0, 0.1) is 5.41 Å². The van der Waals surface area contributed by atoms with Crippen LogP contribution in [0.25, 0.3) is 11.2 Å². The van der Waals surface area contributed by atoms with Gasteiger partial charge in [-0.1, -0.05) is 52.8 Å². The van der Waals surface area contributed by atoms with Gasteiger partial charge in [-0.3, -0.25) is 18.7 Å². The Kier molecular flexibility index (Phi) is 12.2. The topological polar surface area (TPSA) is 208 Å². The quantitative estimate of drug-likeness (QED) is 0.117. The number of anilines is 1. The Hall–Kier alpha value is -3.66. The van der Waals surface area contributed by atoms with E-state index in [0.717, 1.165) is 0 Å². The fourth-order valence-electron chi connectivity index (χ4n) is 4.80. The number of nitrogens with one attached hydrogen (secondary N) is 1. The van der Waals surface area contributed by atoms with Crippen LogP contribution in [-0.4, -0.2) is 79.9 Å². The number of ether oxygens (including phenoxy) is 4. The molecule has 0 amide bonds. The van der Waals surface area contributed by atoms with Crippen LogP contribution in [0.15, 0.2) is 43.0 Å². The highest BCUT2D eigenvalue weighted by atomic mass is 31.2. The molecule has 3 heterocycles. The number of carbonyl (C=O) groups excluding carboxylic acids is 2. The van der Waals surface area contributed by atoms with Crippen molar-refractivity contribution in [2.45, 2.75) is 104 Å². The number of nitrogen functional groups attached to an aromatic ring is 1. The molecule has 1 fully saturated rings. The highest BCUT2D eigenvalue weighted by Crippen LogP contribution is 2.49. The van der Waals surface area contributed by atoms with Crippen molar-refractivity contribution in [3.8, 4) is 5.75 Å². The zero-order valence-electron chi connectivity index (χ0n) is 28.1. The van der Waals surface area contributed by atoms with E-state index < -0.39 is 62.7 Å². The number of imidazole rings is 1. The molecular weight excluding hydrogens is 647 g/mol. The third kappa shape index (κ3) is 9.27. The van der Waals surface area contributed by atoms with Gasteiger partial charge in [0.25, 0.3) is 0 Å². The van der Waals surface area contributed by atoms with E-state index in [9.17, 15) is 19.3 Å². The summed E-state index contributed by atoms with van der Waals surface area (Å²) in [7, 11) is -4.38. The summed E-state index contributed by atoms with van der Waals surface area (Å²) < 4.78 is 51.6. The number of aliphatic hydroxyl groups excluding tert-OH is 1. The first-order chi connectivity index (χ1) is 22.6. The summed E-state index contributed by atoms with van der Waals surface area (Å²) in [6, 6.07) is 7.17. The van der Waals surface area contributed by atoms with Crippen LogP contribution >= 0.6 is 7.75 Å². The summed E-state index contributed by atoms with van der Waals surface area (Å²) in [5.74, 6) is -0.903. The average molecular weight is 693 g/mol. The maximum atomic E-state index is 14.4. The van der Waals surface area contributed by atoms with E-state index in [0.29, 0.717) is 0 Å². The van der Waals surface area contributed by atoms with Gasteiger partial charge in [0.15, 0.2) is 30.1 Å². The summed E-state index contributed by atoms with van der Waals surface area (Å²) in [6.07, 6.45) is -4.04. The molecule has 0 saturated carbocycles. The summed E-state index contributed by atoms with van der Waals surface area (Å²) >= 11 is 0. The molecule has 3 aromatic rings. The second-order valence-electron chi connectivity index (χ2n) is 12.6. The van der Waals surface area contributed by atoms with E-state index in [-0.39, 0.29) is 47.6 Å². The minimum Gasteiger partial charge on any atom is -0.464 e. The van der Waals surface area contributed by atoms with E-state index in [2.05, 4.69) is 20.0 Å². The number of fused-ring (bicyclic) bond motifs is 1.